The van der Waals surface area contributed by atoms with Gasteiger partial charge in [0.05, 0.1) is 71.1 Å². The molecule has 2 N–H and O–H groups in total. The van der Waals surface area contributed by atoms with Gasteiger partial charge in [0.25, 0.3) is 17.7 Å². The predicted octanol–water partition coefficient (Wildman–Crippen LogP) is 11.6. The van der Waals surface area contributed by atoms with Crippen LogP contribution in [0.15, 0.2) is 140 Å². The molecular formula is C71H64Cl3F3N16O6. The fraction of sp³-hybridized carbons (Fsp3) is 0.338. The van der Waals surface area contributed by atoms with Gasteiger partial charge in [-0.25, -0.2) is 23.4 Å². The normalized spacial score (nSPS) is 19.3. The minimum Gasteiger partial charge on any atom is -0.476 e. The molecule has 0 radical (unpaired) electrons. The number of fused-ring (bicyclic) bond motifs is 3. The number of benzene rings is 6. The lowest BCUT2D eigenvalue weighted by molar-refractivity contribution is -0.141. The zero-order valence-corrected chi connectivity index (χ0v) is 55.5. The van der Waals surface area contributed by atoms with Gasteiger partial charge >= 0.3 is 0 Å². The minimum atomic E-state index is -0.806. The molecule has 0 saturated carbocycles. The molecule has 0 bridgehead atoms. The minimum absolute atomic E-state index is 0.109. The van der Waals surface area contributed by atoms with Crippen LogP contribution in [0.2, 0.25) is 15.1 Å². The summed E-state index contributed by atoms with van der Waals surface area (Å²) in [6.45, 7) is 3.24. The highest BCUT2D eigenvalue weighted by Gasteiger charge is 2.44. The smallest absolute Gasteiger partial charge is 0.265 e. The first-order chi connectivity index (χ1) is 47.8. The fourth-order valence-corrected chi connectivity index (χ4v) is 13.8. The Morgan fingerprint density at radius 2 is 0.758 bits per heavy atom. The highest BCUT2D eigenvalue weighted by molar-refractivity contribution is 6.31. The second-order valence-corrected chi connectivity index (χ2v) is 26.6. The van der Waals surface area contributed by atoms with Crippen LogP contribution in [-0.4, -0.2) is 140 Å². The van der Waals surface area contributed by atoms with Crippen LogP contribution in [0.5, 0.6) is 17.2 Å². The summed E-state index contributed by atoms with van der Waals surface area (Å²) < 4.78 is 57.7. The van der Waals surface area contributed by atoms with Crippen LogP contribution in [0, 0.1) is 79.1 Å². The number of likely N-dealkylation sites (tertiary alicyclic amines) is 3. The fourth-order valence-electron chi connectivity index (χ4n) is 13.3. The summed E-state index contributed by atoms with van der Waals surface area (Å²) in [5.41, 5.74) is 2.91. The molecule has 14 rings (SSSR count). The van der Waals surface area contributed by atoms with Crippen molar-refractivity contribution in [2.75, 3.05) is 73.6 Å². The number of piperidine rings is 3. The van der Waals surface area contributed by atoms with Gasteiger partial charge < -0.3 is 38.7 Å². The topological polar surface area (TPSA) is 277 Å². The number of nitrogens with one attached hydrogen (secondary N) is 2. The van der Waals surface area contributed by atoms with Crippen LogP contribution < -0.4 is 28.9 Å². The molecule has 99 heavy (non-hydrogen) atoms. The van der Waals surface area contributed by atoms with E-state index in [4.69, 9.17) is 49.0 Å². The van der Waals surface area contributed by atoms with Crippen LogP contribution in [0.25, 0.3) is 0 Å². The average molecular weight is 1400 g/mol. The number of hydrogen-bond donors (Lipinski definition) is 2. The van der Waals surface area contributed by atoms with Crippen molar-refractivity contribution in [2.45, 2.75) is 76.1 Å². The number of carbonyl (C=O) groups is 3. The Morgan fingerprint density at radius 3 is 1.05 bits per heavy atom. The summed E-state index contributed by atoms with van der Waals surface area (Å²) in [5, 5.41) is 54.2. The Hall–Kier alpha value is -10.6. The quantitative estimate of drug-likeness (QED) is 0.114. The summed E-state index contributed by atoms with van der Waals surface area (Å²) >= 11 is 18.4. The maximum atomic E-state index is 13.4. The second-order valence-electron chi connectivity index (χ2n) is 25.3. The third-order valence-corrected chi connectivity index (χ3v) is 19.6. The van der Waals surface area contributed by atoms with Crippen molar-refractivity contribution in [3.63, 3.8) is 0 Å². The molecule has 3 unspecified atom stereocenters. The molecular weight excluding hydrogens is 1340 g/mol. The summed E-state index contributed by atoms with van der Waals surface area (Å²) in [6, 6.07) is 41.4. The summed E-state index contributed by atoms with van der Waals surface area (Å²) in [5.74, 6) is 1.10. The molecule has 0 spiro atoms. The molecule has 2 aromatic heterocycles. The van der Waals surface area contributed by atoms with Gasteiger partial charge in [-0.1, -0.05) is 71.2 Å². The number of carbonyl (C=O) groups excluding carboxylic acids is 3. The van der Waals surface area contributed by atoms with Crippen molar-refractivity contribution in [1.82, 2.24) is 45.1 Å². The largest absolute Gasteiger partial charge is 0.476 e. The van der Waals surface area contributed by atoms with Crippen molar-refractivity contribution in [3.05, 3.63) is 189 Å². The molecule has 22 nitrogen and oxygen atoms in total. The summed E-state index contributed by atoms with van der Waals surface area (Å²) in [6.07, 6.45) is 7.36. The molecule has 6 aliphatic rings. The number of anilines is 5. The van der Waals surface area contributed by atoms with Gasteiger partial charge in [-0.3, -0.25) is 19.3 Å². The Labute approximate surface area is 583 Å². The average Bonchev–Trinajstić information content (AvgIpc) is 1.60. The first-order valence-corrected chi connectivity index (χ1v) is 33.1. The molecule has 8 aromatic rings. The third kappa shape index (κ3) is 15.6. The zero-order chi connectivity index (χ0) is 69.4. The highest BCUT2D eigenvalue weighted by Crippen LogP contribution is 2.44. The maximum Gasteiger partial charge on any atom is 0.265 e. The lowest BCUT2D eigenvalue weighted by Gasteiger charge is -2.40. The van der Waals surface area contributed by atoms with E-state index < -0.39 is 34.6 Å². The van der Waals surface area contributed by atoms with Gasteiger partial charge in [-0.2, -0.15) is 41.2 Å². The molecule has 6 aliphatic heterocycles. The van der Waals surface area contributed by atoms with Crippen molar-refractivity contribution in [3.8, 4) is 41.6 Å². The number of H-pyrrole nitrogens is 2. The SMILES string of the molecule is N#CC1(Cc2ccc(F)cc2)CCN(C(=O)C2CN(c3ncn[nH]3)c3cc(Cl)ccc3O2)CC1.N#CC1(Cc2ccc(F)cc2)CCN(C(=O)C2CN(c3ncn[nH]3)c3cc(Cl)ccc3O2)CC1.N#CN1CC(C(=O)N2CCC(C#N)(Cc3ccc(F)cc3)CC2)Oc2ccc(Cl)cc21. The second kappa shape index (κ2) is 29.6. The third-order valence-electron chi connectivity index (χ3n) is 18.9. The number of nitrogens with zero attached hydrogens (tertiary/aromatic N) is 14. The molecule has 3 atom stereocenters. The number of amides is 3. The van der Waals surface area contributed by atoms with Gasteiger partial charge in [0.1, 0.15) is 47.4 Å². The molecule has 8 heterocycles. The van der Waals surface area contributed by atoms with E-state index in [0.29, 0.717) is 158 Å². The maximum absolute atomic E-state index is 13.4. The first kappa shape index (κ1) is 68.4. The monoisotopic (exact) mass is 1400 g/mol. The van der Waals surface area contributed by atoms with E-state index in [-0.39, 0.29) is 54.8 Å². The van der Waals surface area contributed by atoms with Gasteiger partial charge in [0, 0.05) is 54.3 Å². The molecule has 6 aromatic carbocycles. The van der Waals surface area contributed by atoms with Crippen molar-refractivity contribution < 1.29 is 41.8 Å². The molecule has 3 saturated heterocycles. The number of halogens is 6. The standard InChI is InChI=1S/2C24H22ClFN6O2.C23H20ClFN4O2/c2*25-17-3-6-20-19(11-17)32(23-28-15-29-30-23)13-21(34-20)22(33)31-9-7-24(14-27,8-10-31)12-16-1-4-18(26)5-2-16;24-17-3-6-20-19(11-17)29(15-27)13-21(31-20)22(30)28-9-7-23(14-26,8-10-28)12-16-1-4-18(25)5-2-16/h2*1-6,11,15,21H,7-10,12-13H2,(H,28,29,30);1-6,11,21H,7-10,12-13H2. The van der Waals surface area contributed by atoms with Crippen LogP contribution in [0.1, 0.15) is 55.2 Å². The van der Waals surface area contributed by atoms with Gasteiger partial charge in [0.2, 0.25) is 11.9 Å². The molecule has 3 amide bonds. The molecule has 0 aliphatic carbocycles. The van der Waals surface area contributed by atoms with Crippen LogP contribution in [0.3, 0.4) is 0 Å². The van der Waals surface area contributed by atoms with Crippen LogP contribution in [0.4, 0.5) is 42.1 Å². The Balaban J connectivity index is 0.000000141. The van der Waals surface area contributed by atoms with Gasteiger partial charge in [0.15, 0.2) is 24.5 Å². The highest BCUT2D eigenvalue weighted by atomic mass is 35.5. The van der Waals surface area contributed by atoms with Gasteiger partial charge in [-0.15, -0.1) is 0 Å². The van der Waals surface area contributed by atoms with E-state index >= 15 is 0 Å². The van der Waals surface area contributed by atoms with Gasteiger partial charge in [-0.05, 0) is 165 Å². The van der Waals surface area contributed by atoms with Crippen LogP contribution >= 0.6 is 34.8 Å². The Kier molecular flexibility index (Phi) is 20.5. The van der Waals surface area contributed by atoms with E-state index in [1.807, 2.05) is 9.80 Å². The first-order valence-electron chi connectivity index (χ1n) is 32.0. The lowest BCUT2D eigenvalue weighted by Crippen LogP contribution is -2.52. The van der Waals surface area contributed by atoms with E-state index in [1.54, 1.807) is 106 Å². The van der Waals surface area contributed by atoms with E-state index in [0.717, 1.165) is 16.7 Å². The number of nitriles is 4. The predicted molar refractivity (Wildman–Crippen MR) is 359 cm³/mol. The van der Waals surface area contributed by atoms with E-state index in [1.165, 1.54) is 54.0 Å². The lowest BCUT2D eigenvalue weighted by atomic mass is 9.75. The number of rotatable bonds is 11. The van der Waals surface area contributed by atoms with Crippen molar-refractivity contribution in [1.29, 1.82) is 21.0 Å². The molecule has 3 fully saturated rings. The summed E-state index contributed by atoms with van der Waals surface area (Å²) in [4.78, 5) is 58.7. The van der Waals surface area contributed by atoms with E-state index in [9.17, 15) is 48.6 Å². The number of aromatic nitrogens is 6. The number of aromatic amines is 2. The van der Waals surface area contributed by atoms with Crippen molar-refractivity contribution >= 4 is 81.5 Å². The zero-order valence-electron chi connectivity index (χ0n) is 53.2. The Bertz CT molecular complexity index is 4200. The Morgan fingerprint density at radius 1 is 0.455 bits per heavy atom. The number of hydrogen-bond acceptors (Lipinski definition) is 17. The number of ether oxygens (including phenoxy) is 3. The van der Waals surface area contributed by atoms with E-state index in [2.05, 4.69) is 54.8 Å². The molecule has 506 valence electrons. The molecule has 28 heteroatoms. The van der Waals surface area contributed by atoms with Crippen molar-refractivity contribution in [2.24, 2.45) is 16.2 Å². The summed E-state index contributed by atoms with van der Waals surface area (Å²) in [7, 11) is 0. The van der Waals surface area contributed by atoms with Crippen LogP contribution in [-0.2, 0) is 33.6 Å².